The lowest BCUT2D eigenvalue weighted by Gasteiger charge is -2.27. The summed E-state index contributed by atoms with van der Waals surface area (Å²) in [7, 11) is 0. The summed E-state index contributed by atoms with van der Waals surface area (Å²) in [5.74, 6) is 0.0475. The van der Waals surface area contributed by atoms with Gasteiger partial charge in [-0.25, -0.2) is 9.97 Å². The molecule has 41 heavy (non-hydrogen) atoms. The van der Waals surface area contributed by atoms with Crippen molar-refractivity contribution >= 4 is 50.2 Å². The van der Waals surface area contributed by atoms with Crippen LogP contribution < -0.4 is 10.9 Å². The Morgan fingerprint density at radius 3 is 2.68 bits per heavy atom. The Morgan fingerprint density at radius 1 is 1.17 bits per heavy atom. The number of pyridine rings is 2. The molecule has 0 spiro atoms. The van der Waals surface area contributed by atoms with Crippen LogP contribution in [-0.2, 0) is 16.1 Å². The van der Waals surface area contributed by atoms with Crippen LogP contribution >= 0.6 is 15.9 Å². The van der Waals surface area contributed by atoms with E-state index < -0.39 is 6.04 Å². The third kappa shape index (κ3) is 4.73. The van der Waals surface area contributed by atoms with E-state index in [0.717, 1.165) is 12.0 Å². The van der Waals surface area contributed by atoms with Gasteiger partial charge in [-0.3, -0.25) is 28.8 Å². The Labute approximate surface area is 242 Å². The minimum Gasteiger partial charge on any atom is -0.325 e. The Bertz CT molecular complexity index is 1830. The average Bonchev–Trinajstić information content (AvgIpc) is 3.28. The summed E-state index contributed by atoms with van der Waals surface area (Å²) in [5.41, 5.74) is 1.55. The number of hydrogen-bond donors (Lipinski definition) is 2. The molecule has 1 aliphatic carbocycles. The molecule has 0 aromatic carbocycles. The van der Waals surface area contributed by atoms with Crippen LogP contribution in [0.15, 0.2) is 40.0 Å². The number of ketones is 1. The fourth-order valence-corrected chi connectivity index (χ4v) is 5.98. The van der Waals surface area contributed by atoms with Crippen LogP contribution in [-0.4, -0.2) is 64.3 Å². The highest BCUT2D eigenvalue weighted by atomic mass is 79.9. The molecule has 2 amide bonds. The monoisotopic (exact) mass is 618 g/mol. The predicted octanol–water partition coefficient (Wildman–Crippen LogP) is 3.18. The van der Waals surface area contributed by atoms with Crippen molar-refractivity contribution in [1.82, 2.24) is 34.6 Å². The zero-order valence-corrected chi connectivity index (χ0v) is 24.4. The molecule has 4 aromatic heterocycles. The first-order valence-electron chi connectivity index (χ1n) is 13.1. The van der Waals surface area contributed by atoms with Crippen LogP contribution in [0.3, 0.4) is 0 Å². The van der Waals surface area contributed by atoms with Crippen molar-refractivity contribution in [1.29, 1.82) is 0 Å². The van der Waals surface area contributed by atoms with Crippen molar-refractivity contribution < 1.29 is 14.4 Å². The summed E-state index contributed by atoms with van der Waals surface area (Å²) in [6.45, 7) is 6.82. The molecule has 12 nitrogen and oxygen atoms in total. The number of fused-ring (bicyclic) bond motifs is 2. The van der Waals surface area contributed by atoms with Crippen molar-refractivity contribution in [3.8, 4) is 11.3 Å². The third-order valence-electron chi connectivity index (χ3n) is 7.99. The van der Waals surface area contributed by atoms with Gasteiger partial charge in [0.1, 0.15) is 34.5 Å². The number of piperidine rings is 1. The Balaban J connectivity index is 1.30. The molecule has 1 saturated heterocycles. The van der Waals surface area contributed by atoms with Gasteiger partial charge in [0.15, 0.2) is 5.78 Å². The molecule has 1 saturated carbocycles. The van der Waals surface area contributed by atoms with E-state index in [1.165, 1.54) is 24.0 Å². The molecule has 0 bridgehead atoms. The topological polar surface area (TPSA) is 156 Å². The van der Waals surface area contributed by atoms with Gasteiger partial charge in [-0.1, -0.05) is 13.0 Å². The third-order valence-corrected chi connectivity index (χ3v) is 8.43. The van der Waals surface area contributed by atoms with Crippen molar-refractivity contribution in [2.75, 3.05) is 5.32 Å². The molecule has 3 atom stereocenters. The van der Waals surface area contributed by atoms with Gasteiger partial charge < -0.3 is 15.2 Å². The second-order valence-electron chi connectivity index (χ2n) is 11.0. The van der Waals surface area contributed by atoms with Crippen LogP contribution in [0, 0.1) is 19.3 Å². The number of aromatic nitrogens is 6. The molecule has 4 aromatic rings. The van der Waals surface area contributed by atoms with E-state index in [0.29, 0.717) is 39.3 Å². The highest BCUT2D eigenvalue weighted by molar-refractivity contribution is 9.10. The molecule has 5 heterocycles. The first-order chi connectivity index (χ1) is 19.4. The molecule has 1 aliphatic heterocycles. The average molecular weight is 619 g/mol. The van der Waals surface area contributed by atoms with E-state index in [-0.39, 0.29) is 52.4 Å². The number of aromatic amines is 1. The normalized spacial score (nSPS) is 21.1. The number of carbonyl (C=O) groups is 3. The van der Waals surface area contributed by atoms with E-state index in [4.69, 9.17) is 0 Å². The Hall–Kier alpha value is -4.26. The van der Waals surface area contributed by atoms with Gasteiger partial charge in [0.05, 0.1) is 23.0 Å². The number of halogens is 1. The van der Waals surface area contributed by atoms with Crippen molar-refractivity contribution in [3.63, 3.8) is 0 Å². The SMILES string of the molecule is CC(=O)c1nn(CC(=O)N2[C@H](C(=O)Nc3nc(Br)ccc3C)C[C@@]3(C)C[C@@H]23)c2cnc(-c3cnc(C)[nH]c3=O)cc12. The lowest BCUT2D eigenvalue weighted by molar-refractivity contribution is -0.138. The molecule has 0 radical (unpaired) electrons. The van der Waals surface area contributed by atoms with Crippen LogP contribution in [0.2, 0.25) is 0 Å². The van der Waals surface area contributed by atoms with E-state index in [9.17, 15) is 19.2 Å². The van der Waals surface area contributed by atoms with E-state index >= 15 is 0 Å². The van der Waals surface area contributed by atoms with Gasteiger partial charge in [0.25, 0.3) is 5.56 Å². The highest BCUT2D eigenvalue weighted by Crippen LogP contribution is 2.59. The number of anilines is 1. The Morgan fingerprint density at radius 2 is 1.95 bits per heavy atom. The molecular weight excluding hydrogens is 592 g/mol. The first-order valence-corrected chi connectivity index (χ1v) is 13.9. The van der Waals surface area contributed by atoms with Crippen LogP contribution in [0.25, 0.3) is 22.2 Å². The molecule has 6 rings (SSSR count). The van der Waals surface area contributed by atoms with E-state index in [1.54, 1.807) is 24.0 Å². The number of aryl methyl sites for hydroxylation is 2. The summed E-state index contributed by atoms with van der Waals surface area (Å²) >= 11 is 3.34. The van der Waals surface area contributed by atoms with Gasteiger partial charge >= 0.3 is 0 Å². The van der Waals surface area contributed by atoms with Crippen LogP contribution in [0.4, 0.5) is 5.82 Å². The zero-order chi connectivity index (χ0) is 29.2. The number of H-pyrrole nitrogens is 1. The summed E-state index contributed by atoms with van der Waals surface area (Å²) in [5, 5.41) is 7.81. The van der Waals surface area contributed by atoms with Crippen LogP contribution in [0.5, 0.6) is 0 Å². The number of Topliss-reactive ketones (excluding diaryl/α,β-unsaturated/α-hetero) is 1. The van der Waals surface area contributed by atoms with Crippen LogP contribution in [0.1, 0.15) is 48.6 Å². The maximum atomic E-state index is 13.8. The highest BCUT2D eigenvalue weighted by Gasteiger charge is 2.64. The Kier molecular flexibility index (Phi) is 6.36. The maximum absolute atomic E-state index is 13.8. The summed E-state index contributed by atoms with van der Waals surface area (Å²) < 4.78 is 2.04. The second-order valence-corrected chi connectivity index (χ2v) is 11.9. The van der Waals surface area contributed by atoms with Gasteiger partial charge in [-0.15, -0.1) is 0 Å². The number of amides is 2. The molecule has 2 aliphatic rings. The minimum atomic E-state index is -0.661. The van der Waals surface area contributed by atoms with Gasteiger partial charge in [0, 0.05) is 24.5 Å². The number of nitrogens with zero attached hydrogens (tertiary/aromatic N) is 6. The predicted molar refractivity (Wildman–Crippen MR) is 153 cm³/mol. The lowest BCUT2D eigenvalue weighted by Crippen LogP contribution is -2.47. The molecule has 0 unspecified atom stereocenters. The first kappa shape index (κ1) is 26.9. The summed E-state index contributed by atoms with van der Waals surface area (Å²) in [4.78, 5) is 69.4. The molecule has 2 fully saturated rings. The van der Waals surface area contributed by atoms with Gasteiger partial charge in [-0.2, -0.15) is 5.10 Å². The standard InChI is InChI=1S/C28H27BrN8O4/c1-13-5-6-22(29)33-25(13)34-27(41)19-8-28(4)9-21(28)37(19)23(39)12-36-20-11-31-18(7-16(20)24(35-36)14(2)38)17-10-30-15(3)32-26(17)40/h5-7,10-11,19,21H,8-9,12H2,1-4H3,(H,30,32,40)(H,33,34,41)/t19-,21+,28-/m0/s1. The molecule has 210 valence electrons. The van der Waals surface area contributed by atoms with Gasteiger partial charge in [-0.05, 0) is 65.7 Å². The number of hydrogen-bond acceptors (Lipinski definition) is 8. The number of nitrogens with one attached hydrogen (secondary N) is 2. The fourth-order valence-electron chi connectivity index (χ4n) is 5.67. The van der Waals surface area contributed by atoms with Crippen molar-refractivity contribution in [2.45, 2.75) is 59.2 Å². The number of likely N-dealkylation sites (tertiary alicyclic amines) is 1. The van der Waals surface area contributed by atoms with Crippen molar-refractivity contribution in [3.05, 3.63) is 62.6 Å². The lowest BCUT2D eigenvalue weighted by atomic mass is 10.0. The van der Waals surface area contributed by atoms with Crippen molar-refractivity contribution in [2.24, 2.45) is 5.41 Å². The van der Waals surface area contributed by atoms with E-state index in [1.807, 2.05) is 13.0 Å². The summed E-state index contributed by atoms with van der Waals surface area (Å²) in [6, 6.07) is 4.54. The van der Waals surface area contributed by atoms with E-state index in [2.05, 4.69) is 53.2 Å². The van der Waals surface area contributed by atoms with Gasteiger partial charge in [0.2, 0.25) is 11.8 Å². The quantitative estimate of drug-likeness (QED) is 0.246. The smallest absolute Gasteiger partial charge is 0.260 e. The summed E-state index contributed by atoms with van der Waals surface area (Å²) in [6.07, 6.45) is 4.29. The molecule has 2 N–H and O–H groups in total. The fraction of sp³-hybridized carbons (Fsp3) is 0.357. The maximum Gasteiger partial charge on any atom is 0.260 e. The number of carbonyl (C=O) groups excluding carboxylic acids is 3. The number of rotatable bonds is 6. The largest absolute Gasteiger partial charge is 0.325 e. The minimum absolute atomic E-state index is 0.0538. The second kappa shape index (κ2) is 9.68. The molecular formula is C28H27BrN8O4. The zero-order valence-electron chi connectivity index (χ0n) is 22.9. The molecule has 13 heteroatoms.